The minimum atomic E-state index is -2.41. The van der Waals surface area contributed by atoms with Gasteiger partial charge in [0, 0.05) is 11.1 Å². The SMILES string of the molecule is C#Cc1cc(C#N)cc(C(C)(C)C)c1.C#Cc1cccc(C#N)c1C(C)(C)C.CC(C)(C)c1ccc(C#N)cc1.CC(C)(C)c1ccc([Si](c2ccccc2)(c2ccccc2)c2ccccc2)cc1.CC(C)(C)c1cccc([Si](c2ccccc2)(c2ccccc2)c2ccccc2)c1.CC(C)(C)c1ccccc1C#N. The van der Waals surface area contributed by atoms with Gasteiger partial charge in [-0.2, -0.15) is 21.0 Å². The lowest BCUT2D eigenvalue weighted by Crippen LogP contribution is -2.74. The molecule has 12 aromatic carbocycles. The topological polar surface area (TPSA) is 95.2 Å². The summed E-state index contributed by atoms with van der Waals surface area (Å²) in [5, 5.41) is 46.6. The summed E-state index contributed by atoms with van der Waals surface area (Å²) in [6, 6.07) is 120. The fourth-order valence-corrected chi connectivity index (χ4v) is 23.2. The normalized spacial score (nSPS) is 11.3. The predicted octanol–water partition coefficient (Wildman–Crippen LogP) is 20.1. The van der Waals surface area contributed by atoms with Crippen molar-refractivity contribution >= 4 is 57.6 Å². The third-order valence-corrected chi connectivity index (χ3v) is 29.1. The Morgan fingerprint density at radius 1 is 0.218 bits per heavy atom. The van der Waals surface area contributed by atoms with E-state index in [9.17, 15) is 0 Å². The fraction of sp³-hybridized carbons (Fsp3) is 0.231. The number of nitriles is 4. The second-order valence-electron chi connectivity index (χ2n) is 33.7. The highest BCUT2D eigenvalue weighted by molar-refractivity contribution is 7.20. The van der Waals surface area contributed by atoms with Crippen molar-refractivity contribution in [3.05, 3.63) is 382 Å². The molecular weight excluding hydrogens is 1360 g/mol. The van der Waals surface area contributed by atoms with E-state index in [4.69, 9.17) is 33.9 Å². The van der Waals surface area contributed by atoms with Crippen LogP contribution in [0.2, 0.25) is 0 Å². The first-order valence-electron chi connectivity index (χ1n) is 37.7. The smallest absolute Gasteiger partial charge is 0.179 e. The molecule has 4 nitrogen and oxygen atoms in total. The van der Waals surface area contributed by atoms with Crippen molar-refractivity contribution in [3.63, 3.8) is 0 Å². The molecule has 0 heterocycles. The average molecular weight is 1470 g/mol. The fourth-order valence-electron chi connectivity index (χ4n) is 13.6. The first kappa shape index (κ1) is 85.4. The lowest BCUT2D eigenvalue weighted by atomic mass is 9.81. The van der Waals surface area contributed by atoms with Gasteiger partial charge < -0.3 is 0 Å². The summed E-state index contributed by atoms with van der Waals surface area (Å²) < 4.78 is 0. The molecule has 110 heavy (non-hydrogen) atoms. The minimum absolute atomic E-state index is 0.0263. The highest BCUT2D eigenvalue weighted by Gasteiger charge is 2.43. The molecule has 0 unspecified atom stereocenters. The van der Waals surface area contributed by atoms with Crippen molar-refractivity contribution in [1.29, 1.82) is 21.0 Å². The molecule has 0 radical (unpaired) electrons. The summed E-state index contributed by atoms with van der Waals surface area (Å²) in [5.41, 5.74) is 12.0. The number of rotatable bonds is 8. The molecule has 0 atom stereocenters. The van der Waals surface area contributed by atoms with Crippen molar-refractivity contribution in [3.8, 4) is 49.0 Å². The molecular formula is C104H108N4Si2. The van der Waals surface area contributed by atoms with Gasteiger partial charge in [-0.3, -0.25) is 0 Å². The Morgan fingerprint density at radius 2 is 0.527 bits per heavy atom. The van der Waals surface area contributed by atoms with Gasteiger partial charge in [-0.15, -0.1) is 12.8 Å². The summed E-state index contributed by atoms with van der Waals surface area (Å²) in [6.07, 6.45) is 10.7. The van der Waals surface area contributed by atoms with Crippen molar-refractivity contribution < 1.29 is 0 Å². The maximum atomic E-state index is 8.98. The number of hydrogen-bond donors (Lipinski definition) is 0. The molecule has 0 saturated heterocycles. The lowest BCUT2D eigenvalue weighted by molar-refractivity contribution is 0.587. The van der Waals surface area contributed by atoms with Crippen LogP contribution in [-0.2, 0) is 32.5 Å². The zero-order chi connectivity index (χ0) is 80.6. The summed E-state index contributed by atoms with van der Waals surface area (Å²) in [7, 11) is -4.79. The van der Waals surface area contributed by atoms with E-state index in [1.165, 1.54) is 58.2 Å². The molecule has 12 rings (SSSR count). The van der Waals surface area contributed by atoms with Crippen LogP contribution in [0.4, 0.5) is 0 Å². The quantitative estimate of drug-likeness (QED) is 0.0860. The van der Waals surface area contributed by atoms with Crippen molar-refractivity contribution in [1.82, 2.24) is 0 Å². The van der Waals surface area contributed by atoms with E-state index in [0.717, 1.165) is 38.9 Å². The van der Waals surface area contributed by atoms with Gasteiger partial charge in [0.05, 0.1) is 46.5 Å². The van der Waals surface area contributed by atoms with Gasteiger partial charge in [-0.1, -0.05) is 403 Å². The molecule has 0 saturated carbocycles. The molecule has 0 aliphatic rings. The molecule has 0 bridgehead atoms. The van der Waals surface area contributed by atoms with E-state index < -0.39 is 16.1 Å². The molecule has 0 spiro atoms. The van der Waals surface area contributed by atoms with Crippen LogP contribution in [0.3, 0.4) is 0 Å². The largest absolute Gasteiger partial charge is 0.192 e. The monoisotopic (exact) mass is 1470 g/mol. The minimum Gasteiger partial charge on any atom is -0.192 e. The van der Waals surface area contributed by atoms with Crippen molar-refractivity contribution in [2.45, 2.75) is 157 Å². The Morgan fingerprint density at radius 3 is 0.855 bits per heavy atom. The summed E-state index contributed by atoms with van der Waals surface area (Å²) in [4.78, 5) is 0. The molecule has 12 aromatic rings. The molecule has 0 aliphatic carbocycles. The summed E-state index contributed by atoms with van der Waals surface area (Å²) in [5.74, 6) is 5.19. The van der Waals surface area contributed by atoms with Gasteiger partial charge in [0.25, 0.3) is 0 Å². The van der Waals surface area contributed by atoms with Crippen molar-refractivity contribution in [2.75, 3.05) is 0 Å². The highest BCUT2D eigenvalue weighted by atomic mass is 28.3. The Labute approximate surface area is 662 Å². The van der Waals surface area contributed by atoms with Crippen LogP contribution >= 0.6 is 0 Å². The van der Waals surface area contributed by atoms with Crippen LogP contribution in [0, 0.1) is 70.0 Å². The van der Waals surface area contributed by atoms with Gasteiger partial charge in [0.15, 0.2) is 16.1 Å². The average Bonchev–Trinajstić information content (AvgIpc) is 0.738. The van der Waals surface area contributed by atoms with E-state index in [0.29, 0.717) is 11.1 Å². The molecule has 6 heteroatoms. The first-order valence-corrected chi connectivity index (χ1v) is 41.7. The second-order valence-corrected chi connectivity index (χ2v) is 41.4. The molecule has 0 aromatic heterocycles. The zero-order valence-electron chi connectivity index (χ0n) is 68.0. The van der Waals surface area contributed by atoms with E-state index in [1.807, 2.05) is 72.8 Å². The van der Waals surface area contributed by atoms with Gasteiger partial charge >= 0.3 is 0 Å². The Hall–Kier alpha value is -11.8. The van der Waals surface area contributed by atoms with E-state index >= 15 is 0 Å². The second kappa shape index (κ2) is 37.8. The van der Waals surface area contributed by atoms with Crippen molar-refractivity contribution in [2.24, 2.45) is 0 Å². The number of nitrogens with zero attached hydrogens (tertiary/aromatic N) is 4. The number of hydrogen-bond acceptors (Lipinski definition) is 4. The van der Waals surface area contributed by atoms with E-state index in [2.05, 4.69) is 391 Å². The third-order valence-electron chi connectivity index (χ3n) is 19.5. The Kier molecular flexibility index (Phi) is 29.3. The standard InChI is InChI=1S/2C28H28Si.2C13H13N.2C11H13N/c1-28(2,3)23-14-13-21-27(22-23)29(24-15-7-4-8-16-24,25-17-9-5-10-18-25)26-19-11-6-12-20-26;1-28(2,3)23-19-21-27(22-20-23)29(24-13-7-4-8-14-24,25-15-9-5-10-16-25)26-17-11-6-12-18-26;1-5-10-6-11(9-14)8-12(7-10)13(2,3)4;1-5-10-7-6-8-11(9-14)12(10)13(2,3)4;1-11(2,3)10-6-4-9(8-12)5-7-10;1-11(2,3)10-7-5-4-6-9(10)8-12/h2*4-22H,1-3H3;2*1,6-8H,2-4H3;2*4-7H,1-3H3. The van der Waals surface area contributed by atoms with Crippen LogP contribution in [-0.4, -0.2) is 16.1 Å². The third kappa shape index (κ3) is 22.0. The van der Waals surface area contributed by atoms with Gasteiger partial charge in [-0.05, 0) is 156 Å². The summed E-state index contributed by atoms with van der Waals surface area (Å²) >= 11 is 0. The molecule has 0 N–H and O–H groups in total. The first-order chi connectivity index (χ1) is 52.1. The van der Waals surface area contributed by atoms with Crippen LogP contribution in [0.15, 0.2) is 315 Å². The van der Waals surface area contributed by atoms with Crippen LogP contribution < -0.4 is 41.5 Å². The highest BCUT2D eigenvalue weighted by Crippen LogP contribution is 2.31. The predicted molar refractivity (Wildman–Crippen MR) is 473 cm³/mol. The number of benzene rings is 12. The zero-order valence-corrected chi connectivity index (χ0v) is 70.0. The molecule has 0 aliphatic heterocycles. The van der Waals surface area contributed by atoms with Crippen LogP contribution in [0.25, 0.3) is 0 Å². The van der Waals surface area contributed by atoms with Gasteiger partial charge in [0.2, 0.25) is 0 Å². The molecule has 0 amide bonds. The van der Waals surface area contributed by atoms with Crippen LogP contribution in [0.1, 0.15) is 191 Å². The maximum absolute atomic E-state index is 8.98. The van der Waals surface area contributed by atoms with E-state index in [1.54, 1.807) is 12.1 Å². The lowest BCUT2D eigenvalue weighted by Gasteiger charge is -2.35. The van der Waals surface area contributed by atoms with Gasteiger partial charge in [0.1, 0.15) is 0 Å². The van der Waals surface area contributed by atoms with Gasteiger partial charge in [-0.25, -0.2) is 0 Å². The molecule has 552 valence electrons. The Bertz CT molecular complexity index is 4940. The number of terminal acetylenes is 2. The summed E-state index contributed by atoms with van der Waals surface area (Å²) in [6.45, 7) is 39.0. The van der Waals surface area contributed by atoms with E-state index in [-0.39, 0.29) is 32.5 Å². The Balaban J connectivity index is 0.000000192. The van der Waals surface area contributed by atoms with Crippen LogP contribution in [0.5, 0.6) is 0 Å². The molecule has 0 fully saturated rings. The maximum Gasteiger partial charge on any atom is 0.179 e.